The molecule has 2 aromatic carbocycles. The molecule has 0 fully saturated rings. The Balaban J connectivity index is 3.13. The maximum atomic E-state index is 11.8. The summed E-state index contributed by atoms with van der Waals surface area (Å²) in [5, 5.41) is 29.2. The lowest BCUT2D eigenvalue weighted by molar-refractivity contribution is 0.407. The van der Waals surface area contributed by atoms with Crippen LogP contribution < -0.4 is 5.43 Å². The zero-order valence-corrected chi connectivity index (χ0v) is 9.27. The van der Waals surface area contributed by atoms with Crippen LogP contribution in [0.3, 0.4) is 0 Å². The highest BCUT2D eigenvalue weighted by molar-refractivity contribution is 5.93. The van der Waals surface area contributed by atoms with Crippen molar-refractivity contribution in [1.29, 1.82) is 0 Å². The number of aromatic hydroxyl groups is 3. The number of hydrogen-bond acceptors (Lipinski definition) is 4. The van der Waals surface area contributed by atoms with Crippen molar-refractivity contribution in [1.82, 2.24) is 0 Å². The van der Waals surface area contributed by atoms with Crippen LogP contribution in [0.5, 0.6) is 17.2 Å². The molecule has 0 aliphatic heterocycles. The molecule has 0 heterocycles. The topological polar surface area (TPSA) is 77.8 Å². The molecular formula is C13H12O4. The van der Waals surface area contributed by atoms with E-state index in [9.17, 15) is 20.1 Å². The van der Waals surface area contributed by atoms with Gasteiger partial charge >= 0.3 is 0 Å². The summed E-state index contributed by atoms with van der Waals surface area (Å²) in [5.41, 5.74) is 0.0519. The summed E-state index contributed by atoms with van der Waals surface area (Å²) in [6.07, 6.45) is 0.606. The SMILES string of the molecule is CCc1cc(O)c(O)c2c(=O)c(O)cccc12. The summed E-state index contributed by atoms with van der Waals surface area (Å²) in [6, 6.07) is 5.86. The van der Waals surface area contributed by atoms with Gasteiger partial charge < -0.3 is 15.3 Å². The Bertz CT molecular complexity index is 647. The molecule has 0 atom stereocenters. The minimum absolute atomic E-state index is 0.0515. The van der Waals surface area contributed by atoms with Gasteiger partial charge in [-0.3, -0.25) is 4.79 Å². The molecule has 0 aliphatic rings. The second kappa shape index (κ2) is 3.97. The van der Waals surface area contributed by atoms with Crippen molar-refractivity contribution in [3.05, 3.63) is 40.1 Å². The number of aryl methyl sites for hydroxylation is 1. The molecule has 0 saturated heterocycles. The van der Waals surface area contributed by atoms with Crippen LogP contribution in [-0.2, 0) is 6.42 Å². The average molecular weight is 232 g/mol. The van der Waals surface area contributed by atoms with Gasteiger partial charge in [-0.1, -0.05) is 19.1 Å². The summed E-state index contributed by atoms with van der Waals surface area (Å²) in [4.78, 5) is 11.8. The summed E-state index contributed by atoms with van der Waals surface area (Å²) in [7, 11) is 0. The fourth-order valence-corrected chi connectivity index (χ4v) is 1.88. The van der Waals surface area contributed by atoms with Gasteiger partial charge in [0, 0.05) is 0 Å². The van der Waals surface area contributed by atoms with Gasteiger partial charge in [0.15, 0.2) is 17.2 Å². The molecule has 0 aliphatic carbocycles. The number of fused-ring (bicyclic) bond motifs is 1. The molecule has 4 heteroatoms. The molecule has 2 aromatic rings. The van der Waals surface area contributed by atoms with E-state index in [2.05, 4.69) is 0 Å². The molecule has 88 valence electrons. The molecule has 0 radical (unpaired) electrons. The lowest BCUT2D eigenvalue weighted by Gasteiger charge is -2.05. The molecular weight excluding hydrogens is 220 g/mol. The summed E-state index contributed by atoms with van der Waals surface area (Å²) >= 11 is 0. The molecule has 4 nitrogen and oxygen atoms in total. The predicted molar refractivity (Wildman–Crippen MR) is 64.6 cm³/mol. The zero-order chi connectivity index (χ0) is 12.6. The van der Waals surface area contributed by atoms with Crippen molar-refractivity contribution in [3.63, 3.8) is 0 Å². The van der Waals surface area contributed by atoms with Gasteiger partial charge in [0.25, 0.3) is 0 Å². The first kappa shape index (κ1) is 11.3. The first-order chi connectivity index (χ1) is 8.06. The van der Waals surface area contributed by atoms with E-state index in [1.807, 2.05) is 6.92 Å². The minimum atomic E-state index is -0.687. The highest BCUT2D eigenvalue weighted by atomic mass is 16.3. The van der Waals surface area contributed by atoms with Gasteiger partial charge in [0.1, 0.15) is 0 Å². The lowest BCUT2D eigenvalue weighted by Crippen LogP contribution is -1.99. The molecule has 0 spiro atoms. The van der Waals surface area contributed by atoms with E-state index >= 15 is 0 Å². The first-order valence-corrected chi connectivity index (χ1v) is 5.26. The van der Waals surface area contributed by atoms with Crippen LogP contribution in [0.1, 0.15) is 12.5 Å². The highest BCUT2D eigenvalue weighted by Gasteiger charge is 2.13. The maximum Gasteiger partial charge on any atom is 0.231 e. The van der Waals surface area contributed by atoms with Crippen molar-refractivity contribution in [2.75, 3.05) is 0 Å². The number of phenolic OH excluding ortho intramolecular Hbond substituents is 2. The molecule has 2 rings (SSSR count). The van der Waals surface area contributed by atoms with Crippen molar-refractivity contribution < 1.29 is 15.3 Å². The number of rotatable bonds is 1. The molecule has 0 amide bonds. The van der Waals surface area contributed by atoms with Crippen LogP contribution >= 0.6 is 0 Å². The third-order valence-corrected chi connectivity index (χ3v) is 2.76. The smallest absolute Gasteiger partial charge is 0.231 e. The molecule has 3 N–H and O–H groups in total. The van der Waals surface area contributed by atoms with Crippen LogP contribution in [0, 0.1) is 0 Å². The van der Waals surface area contributed by atoms with Crippen molar-refractivity contribution in [2.45, 2.75) is 13.3 Å². The van der Waals surface area contributed by atoms with Gasteiger partial charge in [0.05, 0.1) is 5.39 Å². The van der Waals surface area contributed by atoms with Crippen LogP contribution in [-0.4, -0.2) is 15.3 Å². The van der Waals surface area contributed by atoms with Crippen molar-refractivity contribution in [2.24, 2.45) is 0 Å². The normalized spacial score (nSPS) is 10.6. The fraction of sp³-hybridized carbons (Fsp3) is 0.154. The molecule has 0 saturated carbocycles. The Hall–Kier alpha value is -2.23. The zero-order valence-electron chi connectivity index (χ0n) is 9.27. The molecule has 0 aromatic heterocycles. The quantitative estimate of drug-likeness (QED) is 0.656. The van der Waals surface area contributed by atoms with Gasteiger partial charge in [-0.25, -0.2) is 0 Å². The van der Waals surface area contributed by atoms with Crippen LogP contribution in [0.25, 0.3) is 10.8 Å². The minimum Gasteiger partial charge on any atom is -0.504 e. The number of benzene rings is 1. The second-order valence-corrected chi connectivity index (χ2v) is 3.79. The molecule has 0 unspecified atom stereocenters. The Morgan fingerprint density at radius 1 is 1.12 bits per heavy atom. The second-order valence-electron chi connectivity index (χ2n) is 3.79. The van der Waals surface area contributed by atoms with Crippen LogP contribution in [0.4, 0.5) is 0 Å². The van der Waals surface area contributed by atoms with E-state index in [0.717, 1.165) is 5.56 Å². The van der Waals surface area contributed by atoms with E-state index in [1.165, 1.54) is 18.2 Å². The summed E-state index contributed by atoms with van der Waals surface area (Å²) in [5.74, 6) is -1.30. The predicted octanol–water partition coefficient (Wildman–Crippen LogP) is 1.88. The van der Waals surface area contributed by atoms with Crippen LogP contribution in [0.2, 0.25) is 0 Å². The van der Waals surface area contributed by atoms with E-state index in [-0.39, 0.29) is 11.1 Å². The van der Waals surface area contributed by atoms with Crippen molar-refractivity contribution in [3.8, 4) is 17.2 Å². The standard InChI is InChI=1S/C13H12O4/c1-2-7-6-10(15)13(17)11-8(7)4-3-5-9(14)12(11)16/h3-6,15,17H,2H2,1H3,(H,14,16). The van der Waals surface area contributed by atoms with Gasteiger partial charge in [0.2, 0.25) is 5.43 Å². The third-order valence-electron chi connectivity index (χ3n) is 2.76. The van der Waals surface area contributed by atoms with Crippen molar-refractivity contribution >= 4 is 10.8 Å². The third kappa shape index (κ3) is 1.67. The van der Waals surface area contributed by atoms with E-state index in [0.29, 0.717) is 11.8 Å². The average Bonchev–Trinajstić information content (AvgIpc) is 2.45. The van der Waals surface area contributed by atoms with Gasteiger partial charge in [-0.15, -0.1) is 0 Å². The van der Waals surface area contributed by atoms with Gasteiger partial charge in [-0.05, 0) is 29.5 Å². The van der Waals surface area contributed by atoms with E-state index in [1.54, 1.807) is 6.07 Å². The monoisotopic (exact) mass is 232 g/mol. The Kier molecular flexibility index (Phi) is 2.63. The summed E-state index contributed by atoms with van der Waals surface area (Å²) < 4.78 is 0. The number of phenols is 2. The van der Waals surface area contributed by atoms with Crippen LogP contribution in [0.15, 0.2) is 29.1 Å². The Morgan fingerprint density at radius 3 is 2.47 bits per heavy atom. The Morgan fingerprint density at radius 2 is 1.82 bits per heavy atom. The van der Waals surface area contributed by atoms with E-state index in [4.69, 9.17) is 0 Å². The molecule has 17 heavy (non-hydrogen) atoms. The highest BCUT2D eigenvalue weighted by Crippen LogP contribution is 2.34. The first-order valence-electron chi connectivity index (χ1n) is 5.26. The lowest BCUT2D eigenvalue weighted by atomic mass is 10.0. The Labute approximate surface area is 97.4 Å². The summed E-state index contributed by atoms with van der Waals surface area (Å²) in [6.45, 7) is 1.88. The molecule has 0 bridgehead atoms. The fourth-order valence-electron chi connectivity index (χ4n) is 1.88. The van der Waals surface area contributed by atoms with Gasteiger partial charge in [-0.2, -0.15) is 0 Å². The maximum absolute atomic E-state index is 11.8. The largest absolute Gasteiger partial charge is 0.504 e. The number of hydrogen-bond donors (Lipinski definition) is 3. The van der Waals surface area contributed by atoms with E-state index < -0.39 is 16.9 Å².